The molecular weight excluding hydrogens is 342 g/mol. The van der Waals surface area contributed by atoms with Crippen molar-refractivity contribution in [2.24, 2.45) is 5.92 Å². The number of nitrogens with one attached hydrogen (secondary N) is 2. The number of hydrogen-bond donors (Lipinski definition) is 2. The molecule has 0 saturated carbocycles. The largest absolute Gasteiger partial charge is 0.491 e. The van der Waals surface area contributed by atoms with E-state index < -0.39 is 0 Å². The van der Waals surface area contributed by atoms with Crippen LogP contribution in [0.25, 0.3) is 0 Å². The Hall–Kier alpha value is -2.89. The molecule has 6 nitrogen and oxygen atoms in total. The van der Waals surface area contributed by atoms with Crippen LogP contribution in [0.1, 0.15) is 55.0 Å². The third kappa shape index (κ3) is 6.73. The summed E-state index contributed by atoms with van der Waals surface area (Å²) in [5.41, 5.74) is 1.23. The van der Waals surface area contributed by atoms with Crippen LogP contribution in [0.4, 0.5) is 5.69 Å². The molecule has 0 saturated heterocycles. The number of pyridine rings is 1. The van der Waals surface area contributed by atoms with E-state index in [1.807, 2.05) is 13.8 Å². The first-order valence-corrected chi connectivity index (χ1v) is 9.17. The Kier molecular flexibility index (Phi) is 7.34. The second kappa shape index (κ2) is 9.71. The minimum absolute atomic E-state index is 0.0871. The Morgan fingerprint density at radius 3 is 2.37 bits per heavy atom. The molecule has 0 atom stereocenters. The van der Waals surface area contributed by atoms with Crippen molar-refractivity contribution in [3.05, 3.63) is 53.9 Å². The van der Waals surface area contributed by atoms with Gasteiger partial charge in [-0.2, -0.15) is 0 Å². The molecule has 144 valence electrons. The summed E-state index contributed by atoms with van der Waals surface area (Å²) in [6.07, 6.45) is 2.45. The second-order valence-electron chi connectivity index (χ2n) is 7.01. The summed E-state index contributed by atoms with van der Waals surface area (Å²) in [6.45, 7) is 8.71. The number of nitrogens with zero attached hydrogens (tertiary/aromatic N) is 1. The average Bonchev–Trinajstić information content (AvgIpc) is 2.62. The second-order valence-corrected chi connectivity index (χ2v) is 7.01. The van der Waals surface area contributed by atoms with Crippen LogP contribution < -0.4 is 15.4 Å². The van der Waals surface area contributed by atoms with Gasteiger partial charge >= 0.3 is 0 Å². The van der Waals surface area contributed by atoms with Crippen LogP contribution in [0, 0.1) is 5.92 Å². The van der Waals surface area contributed by atoms with Gasteiger partial charge in [-0.3, -0.25) is 14.6 Å². The van der Waals surface area contributed by atoms with E-state index >= 15 is 0 Å². The molecule has 0 radical (unpaired) electrons. The number of hydrogen-bond acceptors (Lipinski definition) is 4. The van der Waals surface area contributed by atoms with Crippen molar-refractivity contribution in [3.8, 4) is 5.75 Å². The zero-order valence-corrected chi connectivity index (χ0v) is 16.3. The zero-order chi connectivity index (χ0) is 19.8. The first-order chi connectivity index (χ1) is 12.8. The van der Waals surface area contributed by atoms with Gasteiger partial charge in [0.05, 0.1) is 6.10 Å². The van der Waals surface area contributed by atoms with E-state index in [-0.39, 0.29) is 23.6 Å². The molecule has 0 unspecified atom stereocenters. The molecular formula is C21H27N3O3. The van der Waals surface area contributed by atoms with Crippen LogP contribution in [-0.4, -0.2) is 29.4 Å². The van der Waals surface area contributed by atoms with E-state index in [0.29, 0.717) is 23.7 Å². The van der Waals surface area contributed by atoms with E-state index in [0.717, 1.165) is 12.2 Å². The van der Waals surface area contributed by atoms with E-state index in [1.165, 1.54) is 12.3 Å². The van der Waals surface area contributed by atoms with Crippen molar-refractivity contribution >= 4 is 17.5 Å². The molecule has 0 bridgehead atoms. The minimum atomic E-state index is -0.371. The molecule has 0 aliphatic rings. The van der Waals surface area contributed by atoms with Crippen molar-refractivity contribution in [1.82, 2.24) is 10.3 Å². The SMILES string of the molecule is CC(C)CCNC(=O)c1ccnc(C(=O)Nc2ccc(OC(C)C)cc2)c1. The third-order valence-corrected chi connectivity index (χ3v) is 3.75. The van der Waals surface area contributed by atoms with Crippen LogP contribution in [0.15, 0.2) is 42.6 Å². The Morgan fingerprint density at radius 2 is 1.74 bits per heavy atom. The maximum atomic E-state index is 12.4. The highest BCUT2D eigenvalue weighted by Crippen LogP contribution is 2.17. The monoisotopic (exact) mass is 369 g/mol. The molecule has 2 rings (SSSR count). The van der Waals surface area contributed by atoms with Gasteiger partial charge in [-0.1, -0.05) is 13.8 Å². The van der Waals surface area contributed by atoms with Crippen molar-refractivity contribution in [1.29, 1.82) is 0 Å². The molecule has 2 amide bonds. The molecule has 6 heteroatoms. The summed E-state index contributed by atoms with van der Waals surface area (Å²) in [4.78, 5) is 28.7. The molecule has 1 aromatic heterocycles. The highest BCUT2D eigenvalue weighted by molar-refractivity contribution is 6.04. The number of aromatic nitrogens is 1. The lowest BCUT2D eigenvalue weighted by molar-refractivity contribution is 0.0952. The highest BCUT2D eigenvalue weighted by Gasteiger charge is 2.12. The fourth-order valence-electron chi connectivity index (χ4n) is 2.36. The molecule has 0 spiro atoms. The Balaban J connectivity index is 1.99. The summed E-state index contributed by atoms with van der Waals surface area (Å²) < 4.78 is 5.58. The third-order valence-electron chi connectivity index (χ3n) is 3.75. The molecule has 2 aromatic rings. The van der Waals surface area contributed by atoms with Gasteiger partial charge in [-0.15, -0.1) is 0 Å². The minimum Gasteiger partial charge on any atom is -0.491 e. The van der Waals surface area contributed by atoms with Crippen LogP contribution in [0.2, 0.25) is 0 Å². The number of amides is 2. The summed E-state index contributed by atoms with van der Waals surface area (Å²) in [6, 6.07) is 10.2. The van der Waals surface area contributed by atoms with Gasteiger partial charge in [0.15, 0.2) is 0 Å². The van der Waals surface area contributed by atoms with E-state index in [9.17, 15) is 9.59 Å². The molecule has 2 N–H and O–H groups in total. The smallest absolute Gasteiger partial charge is 0.274 e. The fraction of sp³-hybridized carbons (Fsp3) is 0.381. The van der Waals surface area contributed by atoms with Gasteiger partial charge in [0.25, 0.3) is 11.8 Å². The summed E-state index contributed by atoms with van der Waals surface area (Å²) in [5, 5.41) is 5.63. The average molecular weight is 369 g/mol. The van der Waals surface area contributed by atoms with Gasteiger partial charge < -0.3 is 15.4 Å². The fourth-order valence-corrected chi connectivity index (χ4v) is 2.36. The Labute approximate surface area is 160 Å². The van der Waals surface area contributed by atoms with Crippen molar-refractivity contribution < 1.29 is 14.3 Å². The molecule has 1 heterocycles. The van der Waals surface area contributed by atoms with Crippen LogP contribution >= 0.6 is 0 Å². The number of carbonyl (C=O) groups excluding carboxylic acids is 2. The molecule has 1 aromatic carbocycles. The van der Waals surface area contributed by atoms with Gasteiger partial charge in [-0.05, 0) is 62.6 Å². The Morgan fingerprint density at radius 1 is 1.04 bits per heavy atom. The van der Waals surface area contributed by atoms with Crippen molar-refractivity contribution in [2.75, 3.05) is 11.9 Å². The predicted octanol–water partition coefficient (Wildman–Crippen LogP) is 3.90. The van der Waals surface area contributed by atoms with Gasteiger partial charge in [-0.25, -0.2) is 0 Å². The van der Waals surface area contributed by atoms with Crippen LogP contribution in [0.5, 0.6) is 5.75 Å². The summed E-state index contributed by atoms with van der Waals surface area (Å²) in [7, 11) is 0. The van der Waals surface area contributed by atoms with Crippen molar-refractivity contribution in [3.63, 3.8) is 0 Å². The summed E-state index contributed by atoms with van der Waals surface area (Å²) in [5.74, 6) is 0.675. The van der Waals surface area contributed by atoms with Gasteiger partial charge in [0.2, 0.25) is 0 Å². The topological polar surface area (TPSA) is 80.3 Å². The number of ether oxygens (including phenoxy) is 1. The summed E-state index contributed by atoms with van der Waals surface area (Å²) >= 11 is 0. The van der Waals surface area contributed by atoms with Gasteiger partial charge in [0, 0.05) is 24.0 Å². The lowest BCUT2D eigenvalue weighted by Gasteiger charge is -2.11. The lowest BCUT2D eigenvalue weighted by atomic mass is 10.1. The van der Waals surface area contributed by atoms with E-state index in [1.54, 1.807) is 30.3 Å². The normalized spacial score (nSPS) is 10.7. The van der Waals surface area contributed by atoms with Crippen molar-refractivity contribution in [2.45, 2.75) is 40.2 Å². The van der Waals surface area contributed by atoms with Crippen LogP contribution in [0.3, 0.4) is 0 Å². The molecule has 0 aliphatic heterocycles. The molecule has 0 fully saturated rings. The number of benzene rings is 1. The zero-order valence-electron chi connectivity index (χ0n) is 16.3. The standard InChI is InChI=1S/C21H27N3O3/c1-14(2)9-11-23-20(25)16-10-12-22-19(13-16)21(26)24-17-5-7-18(8-6-17)27-15(3)4/h5-8,10,12-15H,9,11H2,1-4H3,(H,23,25)(H,24,26). The first-order valence-electron chi connectivity index (χ1n) is 9.17. The Bertz CT molecular complexity index is 770. The lowest BCUT2D eigenvalue weighted by Crippen LogP contribution is -2.26. The first kappa shape index (κ1) is 20.4. The highest BCUT2D eigenvalue weighted by atomic mass is 16.5. The predicted molar refractivity (Wildman–Crippen MR) is 106 cm³/mol. The number of carbonyl (C=O) groups is 2. The van der Waals surface area contributed by atoms with E-state index in [2.05, 4.69) is 29.5 Å². The van der Waals surface area contributed by atoms with Gasteiger partial charge in [0.1, 0.15) is 11.4 Å². The molecule has 27 heavy (non-hydrogen) atoms. The van der Waals surface area contributed by atoms with Crippen LogP contribution in [-0.2, 0) is 0 Å². The van der Waals surface area contributed by atoms with E-state index in [4.69, 9.17) is 4.74 Å². The quantitative estimate of drug-likeness (QED) is 0.740. The number of rotatable bonds is 8. The maximum Gasteiger partial charge on any atom is 0.274 e. The maximum absolute atomic E-state index is 12.4. The number of anilines is 1. The molecule has 0 aliphatic carbocycles.